The van der Waals surface area contributed by atoms with Crippen LogP contribution < -0.4 is 0 Å². The number of hydrogen-bond acceptors (Lipinski definition) is 2. The second-order valence-corrected chi connectivity index (χ2v) is 4.91. The van der Waals surface area contributed by atoms with Crippen LogP contribution in [-0.4, -0.2) is 23.4 Å². The van der Waals surface area contributed by atoms with E-state index in [2.05, 4.69) is 0 Å². The highest BCUT2D eigenvalue weighted by Crippen LogP contribution is 2.34. The molecule has 18 heavy (non-hydrogen) atoms. The maximum atomic E-state index is 9.45. The van der Waals surface area contributed by atoms with Crippen molar-refractivity contribution in [3.63, 3.8) is 0 Å². The van der Waals surface area contributed by atoms with Gasteiger partial charge in [0.25, 0.3) is 0 Å². The predicted octanol–water partition coefficient (Wildman–Crippen LogP) is 3.40. The van der Waals surface area contributed by atoms with Gasteiger partial charge >= 0.3 is 0 Å². The van der Waals surface area contributed by atoms with Crippen molar-refractivity contribution >= 4 is 34.1 Å². The van der Waals surface area contributed by atoms with Gasteiger partial charge in [0, 0.05) is 29.6 Å². The molecule has 98 valence electrons. The molecule has 0 unspecified atom stereocenters. The SMILES string of the molecule is COCCn1c(Cl)c(CO)c2ccc(Cl)c(C)c21. The molecule has 1 heterocycles. The Labute approximate surface area is 116 Å². The van der Waals surface area contributed by atoms with E-state index < -0.39 is 0 Å². The highest BCUT2D eigenvalue weighted by Gasteiger charge is 2.17. The minimum absolute atomic E-state index is 0.0869. The molecule has 0 bridgehead atoms. The van der Waals surface area contributed by atoms with Gasteiger partial charge in [0.15, 0.2) is 0 Å². The van der Waals surface area contributed by atoms with Gasteiger partial charge in [-0.1, -0.05) is 29.3 Å². The number of ether oxygens (including phenoxy) is 1. The lowest BCUT2D eigenvalue weighted by atomic mass is 10.1. The Morgan fingerprint density at radius 1 is 1.33 bits per heavy atom. The van der Waals surface area contributed by atoms with Crippen LogP contribution in [0.3, 0.4) is 0 Å². The summed E-state index contributed by atoms with van der Waals surface area (Å²) in [6, 6.07) is 3.72. The molecule has 2 aromatic rings. The fraction of sp³-hybridized carbons (Fsp3) is 0.385. The molecular formula is C13H15Cl2NO2. The summed E-state index contributed by atoms with van der Waals surface area (Å²) in [5, 5.41) is 11.6. The molecule has 1 aromatic carbocycles. The Kier molecular flexibility index (Phi) is 4.17. The lowest BCUT2D eigenvalue weighted by molar-refractivity contribution is 0.188. The highest BCUT2D eigenvalue weighted by atomic mass is 35.5. The van der Waals surface area contributed by atoms with Crippen molar-refractivity contribution in [2.75, 3.05) is 13.7 Å². The van der Waals surface area contributed by atoms with Gasteiger partial charge in [0.1, 0.15) is 5.15 Å². The minimum atomic E-state index is -0.0869. The first-order chi connectivity index (χ1) is 8.61. The number of aryl methyl sites for hydroxylation is 1. The summed E-state index contributed by atoms with van der Waals surface area (Å²) < 4.78 is 7.03. The zero-order chi connectivity index (χ0) is 13.3. The molecule has 0 fully saturated rings. The number of aliphatic hydroxyl groups is 1. The van der Waals surface area contributed by atoms with Crippen molar-refractivity contribution in [2.45, 2.75) is 20.1 Å². The van der Waals surface area contributed by atoms with Crippen molar-refractivity contribution in [2.24, 2.45) is 0 Å². The first kappa shape index (κ1) is 13.7. The predicted molar refractivity (Wildman–Crippen MR) is 74.5 cm³/mol. The molecule has 1 N–H and O–H groups in total. The van der Waals surface area contributed by atoms with Gasteiger partial charge in [-0.3, -0.25) is 0 Å². The summed E-state index contributed by atoms with van der Waals surface area (Å²) in [5.74, 6) is 0. The molecular weight excluding hydrogens is 273 g/mol. The van der Waals surface area contributed by atoms with Gasteiger partial charge in [-0.05, 0) is 18.6 Å². The number of benzene rings is 1. The average molecular weight is 288 g/mol. The molecule has 0 saturated heterocycles. The van der Waals surface area contributed by atoms with Crippen LogP contribution in [0.4, 0.5) is 0 Å². The number of fused-ring (bicyclic) bond motifs is 1. The van der Waals surface area contributed by atoms with Crippen LogP contribution in [0.5, 0.6) is 0 Å². The standard InChI is InChI=1S/C13H15Cl2NO2/c1-8-11(14)4-3-9-10(7-17)13(15)16(12(8)9)5-6-18-2/h3-4,17H,5-7H2,1-2H3. The van der Waals surface area contributed by atoms with Gasteiger partial charge in [-0.25, -0.2) is 0 Å². The largest absolute Gasteiger partial charge is 0.392 e. The number of rotatable bonds is 4. The summed E-state index contributed by atoms with van der Waals surface area (Å²) in [4.78, 5) is 0. The van der Waals surface area contributed by atoms with E-state index in [9.17, 15) is 5.11 Å². The molecule has 0 atom stereocenters. The van der Waals surface area contributed by atoms with E-state index in [1.807, 2.05) is 23.6 Å². The second-order valence-electron chi connectivity index (χ2n) is 4.14. The molecule has 5 heteroatoms. The number of hydrogen-bond donors (Lipinski definition) is 1. The number of halogens is 2. The van der Waals surface area contributed by atoms with Gasteiger partial charge < -0.3 is 14.4 Å². The molecule has 0 spiro atoms. The topological polar surface area (TPSA) is 34.4 Å². The second kappa shape index (κ2) is 5.49. The van der Waals surface area contributed by atoms with Crippen molar-refractivity contribution in [1.29, 1.82) is 0 Å². The lowest BCUT2D eigenvalue weighted by Gasteiger charge is -2.09. The monoisotopic (exact) mass is 287 g/mol. The van der Waals surface area contributed by atoms with Crippen molar-refractivity contribution in [3.05, 3.63) is 33.4 Å². The molecule has 1 aromatic heterocycles. The fourth-order valence-corrected chi connectivity index (χ4v) is 2.67. The zero-order valence-electron chi connectivity index (χ0n) is 10.3. The molecule has 0 radical (unpaired) electrons. The fourth-order valence-electron chi connectivity index (χ4n) is 2.18. The molecule has 0 aliphatic rings. The first-order valence-electron chi connectivity index (χ1n) is 5.67. The number of aromatic nitrogens is 1. The lowest BCUT2D eigenvalue weighted by Crippen LogP contribution is -2.05. The Balaban J connectivity index is 2.73. The average Bonchev–Trinajstić information content (AvgIpc) is 2.64. The quantitative estimate of drug-likeness (QED) is 0.935. The molecule has 0 amide bonds. The van der Waals surface area contributed by atoms with E-state index in [4.69, 9.17) is 27.9 Å². The highest BCUT2D eigenvalue weighted by molar-refractivity contribution is 6.34. The van der Waals surface area contributed by atoms with Gasteiger partial charge in [0.05, 0.1) is 18.7 Å². The van der Waals surface area contributed by atoms with E-state index in [0.717, 1.165) is 22.0 Å². The minimum Gasteiger partial charge on any atom is -0.392 e. The summed E-state index contributed by atoms with van der Waals surface area (Å²) in [7, 11) is 1.65. The van der Waals surface area contributed by atoms with Crippen LogP contribution in [0.25, 0.3) is 10.9 Å². The molecule has 2 rings (SSSR count). The molecule has 0 aliphatic carbocycles. The first-order valence-corrected chi connectivity index (χ1v) is 6.42. The van der Waals surface area contributed by atoms with Crippen molar-refractivity contribution in [1.82, 2.24) is 4.57 Å². The van der Waals surface area contributed by atoms with Gasteiger partial charge in [-0.2, -0.15) is 0 Å². The molecule has 3 nitrogen and oxygen atoms in total. The Hall–Kier alpha value is -0.740. The van der Waals surface area contributed by atoms with Crippen molar-refractivity contribution < 1.29 is 9.84 Å². The van der Waals surface area contributed by atoms with Crippen LogP contribution >= 0.6 is 23.2 Å². The van der Waals surface area contributed by atoms with E-state index in [1.54, 1.807) is 7.11 Å². The Morgan fingerprint density at radius 3 is 2.67 bits per heavy atom. The third kappa shape index (κ3) is 2.12. The molecule has 0 saturated carbocycles. The van der Waals surface area contributed by atoms with Crippen molar-refractivity contribution in [3.8, 4) is 0 Å². The van der Waals surface area contributed by atoms with Gasteiger partial charge in [-0.15, -0.1) is 0 Å². The Bertz CT molecular complexity index is 578. The number of methoxy groups -OCH3 is 1. The van der Waals surface area contributed by atoms with Crippen LogP contribution in [0.15, 0.2) is 12.1 Å². The van der Waals surface area contributed by atoms with Crippen LogP contribution in [0.1, 0.15) is 11.1 Å². The maximum absolute atomic E-state index is 9.45. The zero-order valence-corrected chi connectivity index (χ0v) is 11.8. The van der Waals surface area contributed by atoms with E-state index in [1.165, 1.54) is 0 Å². The van der Waals surface area contributed by atoms with E-state index in [-0.39, 0.29) is 6.61 Å². The van der Waals surface area contributed by atoms with Crippen LogP contribution in [-0.2, 0) is 17.9 Å². The summed E-state index contributed by atoms with van der Waals surface area (Å²) in [6.45, 7) is 3.05. The molecule has 0 aliphatic heterocycles. The smallest absolute Gasteiger partial charge is 0.115 e. The summed E-state index contributed by atoms with van der Waals surface area (Å²) in [5.41, 5.74) is 2.67. The number of nitrogens with zero attached hydrogens (tertiary/aromatic N) is 1. The number of aliphatic hydroxyl groups excluding tert-OH is 1. The Morgan fingerprint density at radius 2 is 2.06 bits per heavy atom. The van der Waals surface area contributed by atoms with E-state index >= 15 is 0 Å². The normalized spacial score (nSPS) is 11.4. The third-order valence-electron chi connectivity index (χ3n) is 3.12. The van der Waals surface area contributed by atoms with E-state index in [0.29, 0.717) is 23.3 Å². The summed E-state index contributed by atoms with van der Waals surface area (Å²) >= 11 is 12.5. The summed E-state index contributed by atoms with van der Waals surface area (Å²) in [6.07, 6.45) is 0. The van der Waals surface area contributed by atoms with Gasteiger partial charge in [0.2, 0.25) is 0 Å². The maximum Gasteiger partial charge on any atom is 0.115 e. The van der Waals surface area contributed by atoms with Crippen LogP contribution in [0.2, 0.25) is 10.2 Å². The third-order valence-corrected chi connectivity index (χ3v) is 3.96. The van der Waals surface area contributed by atoms with Crippen LogP contribution in [0, 0.1) is 6.92 Å².